The summed E-state index contributed by atoms with van der Waals surface area (Å²) in [6, 6.07) is 7.48. The summed E-state index contributed by atoms with van der Waals surface area (Å²) in [6.45, 7) is 6.68. The van der Waals surface area contributed by atoms with Crippen LogP contribution in [0.15, 0.2) is 18.2 Å². The molecule has 2 fully saturated rings. The van der Waals surface area contributed by atoms with Gasteiger partial charge in [-0.05, 0) is 51.3 Å². The maximum atomic E-state index is 10.1. The van der Waals surface area contributed by atoms with Crippen LogP contribution in [-0.2, 0) is 0 Å². The first-order valence-electron chi connectivity index (χ1n) is 7.95. The Kier molecular flexibility index (Phi) is 3.99. The van der Waals surface area contributed by atoms with E-state index in [0.717, 1.165) is 11.1 Å². The largest absolute Gasteiger partial charge is 0.508 e. The van der Waals surface area contributed by atoms with Crippen molar-refractivity contribution in [3.05, 3.63) is 29.3 Å². The molecule has 2 aliphatic rings. The first-order chi connectivity index (χ1) is 9.65. The highest BCUT2D eigenvalue weighted by Crippen LogP contribution is 2.31. The summed E-state index contributed by atoms with van der Waals surface area (Å²) < 4.78 is 0. The molecule has 0 amide bonds. The van der Waals surface area contributed by atoms with Crippen molar-refractivity contribution in [3.63, 3.8) is 0 Å². The lowest BCUT2D eigenvalue weighted by Crippen LogP contribution is -2.45. The summed E-state index contributed by atoms with van der Waals surface area (Å²) in [5.74, 6) is 0.420. The number of fused-ring (bicyclic) bond motifs is 1. The van der Waals surface area contributed by atoms with Gasteiger partial charge in [0.15, 0.2) is 0 Å². The Morgan fingerprint density at radius 1 is 1.25 bits per heavy atom. The van der Waals surface area contributed by atoms with Gasteiger partial charge in [0.05, 0.1) is 0 Å². The standard InChI is InChI=1S/C17H26N2O/c1-12-6-7-14(17(20)11-12)13(2)18-15-8-10-19-9-4-3-5-16(15)19/h6-7,11,13,15-16,18,20H,3-5,8-10H2,1-2H3. The van der Waals surface area contributed by atoms with Crippen LogP contribution in [0, 0.1) is 6.92 Å². The van der Waals surface area contributed by atoms with Gasteiger partial charge in [0.2, 0.25) is 0 Å². The zero-order chi connectivity index (χ0) is 14.1. The monoisotopic (exact) mass is 274 g/mol. The Morgan fingerprint density at radius 3 is 2.90 bits per heavy atom. The fourth-order valence-corrected chi connectivity index (χ4v) is 3.87. The molecule has 2 N–H and O–H groups in total. The van der Waals surface area contributed by atoms with Gasteiger partial charge in [-0.2, -0.15) is 0 Å². The van der Waals surface area contributed by atoms with Crippen LogP contribution in [0.5, 0.6) is 5.75 Å². The highest BCUT2D eigenvalue weighted by molar-refractivity contribution is 5.37. The van der Waals surface area contributed by atoms with E-state index in [9.17, 15) is 5.11 Å². The van der Waals surface area contributed by atoms with E-state index in [2.05, 4.69) is 29.3 Å². The molecule has 3 nitrogen and oxygen atoms in total. The molecule has 1 aromatic rings. The van der Waals surface area contributed by atoms with Gasteiger partial charge in [0.25, 0.3) is 0 Å². The van der Waals surface area contributed by atoms with Gasteiger partial charge in [-0.25, -0.2) is 0 Å². The minimum Gasteiger partial charge on any atom is -0.508 e. The van der Waals surface area contributed by atoms with E-state index < -0.39 is 0 Å². The van der Waals surface area contributed by atoms with Crippen LogP contribution in [-0.4, -0.2) is 35.2 Å². The first-order valence-corrected chi connectivity index (χ1v) is 7.95. The van der Waals surface area contributed by atoms with E-state index in [4.69, 9.17) is 0 Å². The average Bonchev–Trinajstić information content (AvgIpc) is 2.82. The van der Waals surface area contributed by atoms with Crippen molar-refractivity contribution in [1.82, 2.24) is 10.2 Å². The maximum absolute atomic E-state index is 10.1. The number of aromatic hydroxyl groups is 1. The molecule has 0 spiro atoms. The van der Waals surface area contributed by atoms with Crippen molar-refractivity contribution < 1.29 is 5.11 Å². The normalized spacial score (nSPS) is 28.3. The van der Waals surface area contributed by atoms with E-state index in [1.807, 2.05) is 13.0 Å². The van der Waals surface area contributed by atoms with Crippen LogP contribution in [0.1, 0.15) is 49.8 Å². The van der Waals surface area contributed by atoms with Gasteiger partial charge >= 0.3 is 0 Å². The Labute approximate surface area is 122 Å². The summed E-state index contributed by atoms with van der Waals surface area (Å²) in [5.41, 5.74) is 2.13. The maximum Gasteiger partial charge on any atom is 0.120 e. The minimum absolute atomic E-state index is 0.211. The van der Waals surface area contributed by atoms with Crippen molar-refractivity contribution in [2.75, 3.05) is 13.1 Å². The molecule has 0 bridgehead atoms. The van der Waals surface area contributed by atoms with Crippen molar-refractivity contribution in [2.24, 2.45) is 0 Å². The molecule has 2 aliphatic heterocycles. The molecular formula is C17H26N2O. The molecule has 0 aliphatic carbocycles. The molecule has 110 valence electrons. The lowest BCUT2D eigenvalue weighted by atomic mass is 9.97. The van der Waals surface area contributed by atoms with Gasteiger partial charge in [0, 0.05) is 30.2 Å². The van der Waals surface area contributed by atoms with Crippen molar-refractivity contribution in [2.45, 2.75) is 57.7 Å². The number of rotatable bonds is 3. The number of nitrogens with zero attached hydrogens (tertiary/aromatic N) is 1. The average molecular weight is 274 g/mol. The number of hydrogen-bond donors (Lipinski definition) is 2. The number of phenolic OH excluding ortho intramolecular Hbond substituents is 1. The lowest BCUT2D eigenvalue weighted by Gasteiger charge is -2.34. The fraction of sp³-hybridized carbons (Fsp3) is 0.647. The second-order valence-electron chi connectivity index (χ2n) is 6.44. The van der Waals surface area contributed by atoms with Gasteiger partial charge in [0.1, 0.15) is 5.75 Å². The van der Waals surface area contributed by atoms with Gasteiger partial charge in [-0.15, -0.1) is 0 Å². The molecule has 3 unspecified atom stereocenters. The lowest BCUT2D eigenvalue weighted by molar-refractivity contribution is 0.177. The Bertz CT molecular complexity index is 474. The number of phenols is 1. The number of nitrogens with one attached hydrogen (secondary N) is 1. The smallest absolute Gasteiger partial charge is 0.120 e. The van der Waals surface area contributed by atoms with Crippen LogP contribution in [0.4, 0.5) is 0 Å². The van der Waals surface area contributed by atoms with Gasteiger partial charge in [-0.3, -0.25) is 4.90 Å². The molecule has 3 rings (SSSR count). The van der Waals surface area contributed by atoms with Crippen LogP contribution >= 0.6 is 0 Å². The quantitative estimate of drug-likeness (QED) is 0.889. The molecular weight excluding hydrogens is 248 g/mol. The Hall–Kier alpha value is -1.06. The van der Waals surface area contributed by atoms with E-state index >= 15 is 0 Å². The third-order valence-electron chi connectivity index (χ3n) is 4.97. The number of benzene rings is 1. The zero-order valence-corrected chi connectivity index (χ0v) is 12.6. The van der Waals surface area contributed by atoms with E-state index in [-0.39, 0.29) is 6.04 Å². The van der Waals surface area contributed by atoms with E-state index in [1.54, 1.807) is 0 Å². The van der Waals surface area contributed by atoms with Crippen molar-refractivity contribution in [1.29, 1.82) is 0 Å². The van der Waals surface area contributed by atoms with E-state index in [0.29, 0.717) is 17.8 Å². The van der Waals surface area contributed by atoms with Crippen molar-refractivity contribution >= 4 is 0 Å². The third kappa shape index (κ3) is 2.70. The predicted molar refractivity (Wildman–Crippen MR) is 82.0 cm³/mol. The van der Waals surface area contributed by atoms with Crippen LogP contribution in [0.3, 0.4) is 0 Å². The summed E-state index contributed by atoms with van der Waals surface area (Å²) >= 11 is 0. The summed E-state index contributed by atoms with van der Waals surface area (Å²) in [4.78, 5) is 2.64. The molecule has 0 radical (unpaired) electrons. The summed E-state index contributed by atoms with van der Waals surface area (Å²) in [7, 11) is 0. The molecule has 0 saturated carbocycles. The van der Waals surface area contributed by atoms with Gasteiger partial charge in [-0.1, -0.05) is 18.6 Å². The highest BCUT2D eigenvalue weighted by atomic mass is 16.3. The topological polar surface area (TPSA) is 35.5 Å². The minimum atomic E-state index is 0.211. The van der Waals surface area contributed by atoms with E-state index in [1.165, 1.54) is 38.8 Å². The third-order valence-corrected chi connectivity index (χ3v) is 4.97. The second-order valence-corrected chi connectivity index (χ2v) is 6.44. The number of aryl methyl sites for hydroxylation is 1. The molecule has 0 aromatic heterocycles. The van der Waals surface area contributed by atoms with Crippen molar-refractivity contribution in [3.8, 4) is 5.75 Å². The molecule has 2 heterocycles. The summed E-state index contributed by atoms with van der Waals surface area (Å²) in [5, 5.41) is 13.9. The molecule has 20 heavy (non-hydrogen) atoms. The molecule has 1 aromatic carbocycles. The van der Waals surface area contributed by atoms with Crippen LogP contribution in [0.25, 0.3) is 0 Å². The van der Waals surface area contributed by atoms with Crippen LogP contribution < -0.4 is 5.32 Å². The highest BCUT2D eigenvalue weighted by Gasteiger charge is 2.36. The van der Waals surface area contributed by atoms with Crippen LogP contribution in [0.2, 0.25) is 0 Å². The summed E-state index contributed by atoms with van der Waals surface area (Å²) in [6.07, 6.45) is 5.28. The Balaban J connectivity index is 1.68. The predicted octanol–water partition coefficient (Wildman–Crippen LogP) is 2.98. The zero-order valence-electron chi connectivity index (χ0n) is 12.6. The fourth-order valence-electron chi connectivity index (χ4n) is 3.87. The Morgan fingerprint density at radius 2 is 2.10 bits per heavy atom. The number of hydrogen-bond acceptors (Lipinski definition) is 3. The number of piperidine rings is 1. The molecule has 2 saturated heterocycles. The second kappa shape index (κ2) is 5.74. The molecule has 3 heteroatoms. The van der Waals surface area contributed by atoms with Gasteiger partial charge < -0.3 is 10.4 Å². The SMILES string of the molecule is Cc1ccc(C(C)NC2CCN3CCCCC23)c(O)c1. The molecule has 3 atom stereocenters. The first kappa shape index (κ1) is 13.9.